The van der Waals surface area contributed by atoms with E-state index in [0.717, 1.165) is 22.9 Å². The lowest BCUT2D eigenvalue weighted by atomic mass is 9.97. The number of fused-ring (bicyclic) bond motifs is 1. The quantitative estimate of drug-likeness (QED) is 0.560. The Kier molecular flexibility index (Phi) is 6.35. The zero-order valence-electron chi connectivity index (χ0n) is 17.2. The molecule has 3 nitrogen and oxygen atoms in total. The van der Waals surface area contributed by atoms with Crippen LogP contribution < -0.4 is 10.1 Å². The van der Waals surface area contributed by atoms with E-state index in [1.54, 1.807) is 0 Å². The van der Waals surface area contributed by atoms with Gasteiger partial charge in [0.2, 0.25) is 0 Å². The second-order valence-electron chi connectivity index (χ2n) is 7.35. The summed E-state index contributed by atoms with van der Waals surface area (Å²) in [5.41, 5.74) is 3.60. The maximum absolute atomic E-state index is 12.9. The van der Waals surface area contributed by atoms with Crippen molar-refractivity contribution >= 4 is 16.7 Å². The lowest BCUT2D eigenvalue weighted by molar-refractivity contribution is -0.128. The Morgan fingerprint density at radius 2 is 1.68 bits per heavy atom. The third kappa shape index (κ3) is 4.53. The first-order valence-corrected chi connectivity index (χ1v) is 10.0. The van der Waals surface area contributed by atoms with Gasteiger partial charge in [-0.2, -0.15) is 0 Å². The average Bonchev–Trinajstić information content (AvgIpc) is 2.70. The van der Waals surface area contributed by atoms with E-state index in [1.165, 1.54) is 16.7 Å². The number of rotatable bonds is 7. The molecular weight excluding hydrogens is 346 g/mol. The fourth-order valence-corrected chi connectivity index (χ4v) is 3.61. The van der Waals surface area contributed by atoms with E-state index in [2.05, 4.69) is 56.4 Å². The first kappa shape index (κ1) is 19.9. The summed E-state index contributed by atoms with van der Waals surface area (Å²) in [6.45, 7) is 8.25. The predicted octanol–water partition coefficient (Wildman–Crippen LogP) is 5.88. The topological polar surface area (TPSA) is 38.3 Å². The predicted molar refractivity (Wildman–Crippen MR) is 116 cm³/mol. The molecule has 0 bridgehead atoms. The Bertz CT molecular complexity index is 964. The van der Waals surface area contributed by atoms with Gasteiger partial charge in [-0.3, -0.25) is 4.79 Å². The first-order valence-electron chi connectivity index (χ1n) is 10.0. The highest BCUT2D eigenvalue weighted by Crippen LogP contribution is 2.24. The number of carbonyl (C=O) groups is 1. The number of carbonyl (C=O) groups excluding carboxylic acids is 1. The summed E-state index contributed by atoms with van der Waals surface area (Å²) >= 11 is 0. The Hall–Kier alpha value is -2.81. The molecule has 0 unspecified atom stereocenters. The molecule has 3 aromatic rings. The summed E-state index contributed by atoms with van der Waals surface area (Å²) in [5.74, 6) is 0.655. The molecule has 0 saturated heterocycles. The molecule has 3 rings (SSSR count). The van der Waals surface area contributed by atoms with E-state index >= 15 is 0 Å². The van der Waals surface area contributed by atoms with Crippen molar-refractivity contribution in [2.75, 3.05) is 0 Å². The van der Waals surface area contributed by atoms with Crippen molar-refractivity contribution in [3.8, 4) is 5.75 Å². The van der Waals surface area contributed by atoms with Crippen LogP contribution in [-0.2, 0) is 4.79 Å². The van der Waals surface area contributed by atoms with Crippen LogP contribution in [0.15, 0.2) is 60.7 Å². The Morgan fingerprint density at radius 3 is 2.36 bits per heavy atom. The summed E-state index contributed by atoms with van der Waals surface area (Å²) < 4.78 is 6.05. The van der Waals surface area contributed by atoms with Gasteiger partial charge in [0.1, 0.15) is 5.75 Å². The Morgan fingerprint density at radius 1 is 0.929 bits per heavy atom. The lowest BCUT2D eigenvalue weighted by Crippen LogP contribution is -2.40. The van der Waals surface area contributed by atoms with Gasteiger partial charge in [0.25, 0.3) is 5.91 Å². The molecule has 28 heavy (non-hydrogen) atoms. The van der Waals surface area contributed by atoms with Crippen molar-refractivity contribution in [3.63, 3.8) is 0 Å². The molecule has 2 atom stereocenters. The molecular formula is C25H29NO2. The van der Waals surface area contributed by atoms with Gasteiger partial charge in [-0.05, 0) is 60.7 Å². The van der Waals surface area contributed by atoms with Gasteiger partial charge in [-0.1, -0.05) is 67.9 Å². The van der Waals surface area contributed by atoms with Crippen molar-refractivity contribution in [2.45, 2.75) is 52.7 Å². The molecule has 1 amide bonds. The molecule has 3 aromatic carbocycles. The fourth-order valence-electron chi connectivity index (χ4n) is 3.61. The first-order chi connectivity index (χ1) is 13.5. The molecule has 0 spiro atoms. The number of amides is 1. The number of nitrogens with one attached hydrogen (secondary N) is 1. The number of benzene rings is 3. The molecule has 0 aliphatic heterocycles. The monoisotopic (exact) mass is 375 g/mol. The molecule has 0 saturated carbocycles. The second-order valence-corrected chi connectivity index (χ2v) is 7.35. The van der Waals surface area contributed by atoms with Crippen LogP contribution in [0, 0.1) is 13.8 Å². The molecule has 0 heterocycles. The molecule has 0 aromatic heterocycles. The number of hydrogen-bond acceptors (Lipinski definition) is 2. The summed E-state index contributed by atoms with van der Waals surface area (Å²) in [6.07, 6.45) is 0.935. The van der Waals surface area contributed by atoms with Crippen LogP contribution in [0.5, 0.6) is 5.75 Å². The van der Waals surface area contributed by atoms with E-state index in [9.17, 15) is 4.79 Å². The summed E-state index contributed by atoms with van der Waals surface area (Å²) in [4.78, 5) is 12.9. The normalized spacial score (nSPS) is 13.1. The van der Waals surface area contributed by atoms with Crippen LogP contribution in [0.2, 0.25) is 0 Å². The Balaban J connectivity index is 1.74. The molecule has 1 N–H and O–H groups in total. The van der Waals surface area contributed by atoms with Crippen LogP contribution >= 0.6 is 0 Å². The van der Waals surface area contributed by atoms with Gasteiger partial charge in [-0.25, -0.2) is 0 Å². The van der Waals surface area contributed by atoms with E-state index in [1.807, 2.05) is 37.3 Å². The molecule has 0 radical (unpaired) electrons. The summed E-state index contributed by atoms with van der Waals surface area (Å²) in [5, 5.41) is 5.46. The zero-order chi connectivity index (χ0) is 20.1. The van der Waals surface area contributed by atoms with Crippen molar-refractivity contribution in [1.82, 2.24) is 5.32 Å². The lowest BCUT2D eigenvalue weighted by Gasteiger charge is -2.24. The second kappa shape index (κ2) is 8.92. The molecule has 146 valence electrons. The average molecular weight is 376 g/mol. The van der Waals surface area contributed by atoms with Crippen LogP contribution in [0.25, 0.3) is 10.8 Å². The minimum Gasteiger partial charge on any atom is -0.481 e. The molecule has 0 aliphatic carbocycles. The van der Waals surface area contributed by atoms with E-state index < -0.39 is 6.10 Å². The SMILES string of the molecule is CC[C@H](NC(=O)[C@@H](CC)Oc1ccc2ccccc2c1)c1ccc(C)cc1C. The van der Waals surface area contributed by atoms with Crippen LogP contribution in [0.1, 0.15) is 49.4 Å². The van der Waals surface area contributed by atoms with Crippen LogP contribution in [-0.4, -0.2) is 12.0 Å². The van der Waals surface area contributed by atoms with Gasteiger partial charge in [0.15, 0.2) is 6.10 Å². The fraction of sp³-hybridized carbons (Fsp3) is 0.320. The van der Waals surface area contributed by atoms with Crippen molar-refractivity contribution in [2.24, 2.45) is 0 Å². The van der Waals surface area contributed by atoms with E-state index in [0.29, 0.717) is 6.42 Å². The van der Waals surface area contributed by atoms with Crippen molar-refractivity contribution < 1.29 is 9.53 Å². The molecule has 3 heteroatoms. The maximum Gasteiger partial charge on any atom is 0.261 e. The summed E-state index contributed by atoms with van der Waals surface area (Å²) in [6, 6.07) is 20.5. The highest BCUT2D eigenvalue weighted by atomic mass is 16.5. The minimum atomic E-state index is -0.513. The van der Waals surface area contributed by atoms with Crippen molar-refractivity contribution in [1.29, 1.82) is 0 Å². The third-order valence-electron chi connectivity index (χ3n) is 5.19. The van der Waals surface area contributed by atoms with E-state index in [-0.39, 0.29) is 11.9 Å². The smallest absolute Gasteiger partial charge is 0.261 e. The Labute approximate surface area is 167 Å². The number of hydrogen-bond donors (Lipinski definition) is 1. The number of aryl methyl sites for hydroxylation is 2. The number of ether oxygens (including phenoxy) is 1. The van der Waals surface area contributed by atoms with E-state index in [4.69, 9.17) is 4.74 Å². The van der Waals surface area contributed by atoms with Crippen LogP contribution in [0.3, 0.4) is 0 Å². The van der Waals surface area contributed by atoms with Gasteiger partial charge in [0.05, 0.1) is 6.04 Å². The highest BCUT2D eigenvalue weighted by Gasteiger charge is 2.22. The zero-order valence-corrected chi connectivity index (χ0v) is 17.2. The van der Waals surface area contributed by atoms with Crippen LogP contribution in [0.4, 0.5) is 0 Å². The van der Waals surface area contributed by atoms with Gasteiger partial charge in [-0.15, -0.1) is 0 Å². The largest absolute Gasteiger partial charge is 0.481 e. The molecule has 0 fully saturated rings. The molecule has 0 aliphatic rings. The van der Waals surface area contributed by atoms with Gasteiger partial charge < -0.3 is 10.1 Å². The third-order valence-corrected chi connectivity index (χ3v) is 5.19. The summed E-state index contributed by atoms with van der Waals surface area (Å²) in [7, 11) is 0. The standard InChI is InChI=1S/C25H29NO2/c1-5-23(22-14-11-17(3)15-18(22)4)26-25(27)24(6-2)28-21-13-12-19-9-7-8-10-20(19)16-21/h7-16,23-24H,5-6H2,1-4H3,(H,26,27)/t23-,24+/m0/s1. The van der Waals surface area contributed by atoms with Crippen molar-refractivity contribution in [3.05, 3.63) is 77.4 Å². The van der Waals surface area contributed by atoms with Gasteiger partial charge >= 0.3 is 0 Å². The van der Waals surface area contributed by atoms with Gasteiger partial charge in [0, 0.05) is 0 Å². The minimum absolute atomic E-state index is 0.0117. The highest BCUT2D eigenvalue weighted by molar-refractivity contribution is 5.84. The maximum atomic E-state index is 12.9.